The van der Waals surface area contributed by atoms with E-state index in [1.54, 1.807) is 37.3 Å². The van der Waals surface area contributed by atoms with E-state index < -0.39 is 14.8 Å². The topological polar surface area (TPSA) is 39.1 Å². The second kappa shape index (κ2) is 3.79. The van der Waals surface area contributed by atoms with E-state index in [2.05, 4.69) is 0 Å². The van der Waals surface area contributed by atoms with Gasteiger partial charge in [-0.25, -0.2) is 8.42 Å². The summed E-state index contributed by atoms with van der Waals surface area (Å²) in [5, 5.41) is 0.462. The van der Waals surface area contributed by atoms with Gasteiger partial charge in [-0.05, 0) is 37.6 Å². The fourth-order valence-corrected chi connectivity index (χ4v) is 3.62. The number of halogens is 1. The quantitative estimate of drug-likeness (QED) is 0.817. The maximum absolute atomic E-state index is 12.3. The standard InChI is InChI=1S/C11H12ClNO2S/c1-11(6-4-5-10(12)9-11)16(14,15)13-7-2-3-8-13/h2-5,7-9H,6H2,1H3. The first-order chi connectivity index (χ1) is 7.46. The molecule has 0 bridgehead atoms. The molecule has 3 nitrogen and oxygen atoms in total. The van der Waals surface area contributed by atoms with Crippen LogP contribution in [0.15, 0.2) is 47.8 Å². The molecule has 1 heterocycles. The van der Waals surface area contributed by atoms with E-state index in [9.17, 15) is 8.42 Å². The summed E-state index contributed by atoms with van der Waals surface area (Å²) in [6.07, 6.45) is 8.58. The Hall–Kier alpha value is -1.00. The summed E-state index contributed by atoms with van der Waals surface area (Å²) in [5.74, 6) is 0. The molecule has 0 saturated carbocycles. The van der Waals surface area contributed by atoms with Crippen molar-refractivity contribution in [1.82, 2.24) is 3.97 Å². The van der Waals surface area contributed by atoms with Gasteiger partial charge in [0.2, 0.25) is 10.0 Å². The lowest BCUT2D eigenvalue weighted by molar-refractivity contribution is 0.553. The summed E-state index contributed by atoms with van der Waals surface area (Å²) in [5.41, 5.74) is 0. The van der Waals surface area contributed by atoms with Gasteiger partial charge in [0.25, 0.3) is 0 Å². The minimum Gasteiger partial charge on any atom is -0.252 e. The average molecular weight is 258 g/mol. The summed E-state index contributed by atoms with van der Waals surface area (Å²) in [7, 11) is -3.45. The van der Waals surface area contributed by atoms with Crippen LogP contribution in [0.25, 0.3) is 0 Å². The highest BCUT2D eigenvalue weighted by molar-refractivity contribution is 7.91. The number of nitrogens with zero attached hydrogens (tertiary/aromatic N) is 1. The van der Waals surface area contributed by atoms with Crippen LogP contribution in [0.4, 0.5) is 0 Å². The minimum atomic E-state index is -3.45. The first-order valence-electron chi connectivity index (χ1n) is 4.89. The molecule has 0 amide bonds. The molecule has 16 heavy (non-hydrogen) atoms. The van der Waals surface area contributed by atoms with Gasteiger partial charge in [0.05, 0.1) is 0 Å². The van der Waals surface area contributed by atoms with Crippen molar-refractivity contribution < 1.29 is 8.42 Å². The van der Waals surface area contributed by atoms with Gasteiger partial charge in [0.15, 0.2) is 0 Å². The number of allylic oxidation sites excluding steroid dienone is 3. The Bertz CT molecular complexity index is 543. The lowest BCUT2D eigenvalue weighted by Gasteiger charge is -2.27. The van der Waals surface area contributed by atoms with Crippen molar-refractivity contribution >= 4 is 21.6 Å². The van der Waals surface area contributed by atoms with Gasteiger partial charge in [-0.3, -0.25) is 3.97 Å². The molecule has 1 aliphatic carbocycles. The molecule has 2 rings (SSSR count). The zero-order valence-corrected chi connectivity index (χ0v) is 10.4. The van der Waals surface area contributed by atoms with E-state index in [1.165, 1.54) is 16.4 Å². The van der Waals surface area contributed by atoms with E-state index in [1.807, 2.05) is 0 Å². The predicted molar refractivity (Wildman–Crippen MR) is 64.8 cm³/mol. The summed E-state index contributed by atoms with van der Waals surface area (Å²) < 4.78 is 24.9. The van der Waals surface area contributed by atoms with E-state index in [-0.39, 0.29) is 0 Å². The zero-order chi connectivity index (χ0) is 11.8. The molecular formula is C11H12ClNO2S. The molecule has 0 aliphatic heterocycles. The van der Waals surface area contributed by atoms with Crippen LogP contribution in [0.5, 0.6) is 0 Å². The Morgan fingerprint density at radius 3 is 2.56 bits per heavy atom. The van der Waals surface area contributed by atoms with Gasteiger partial charge in [-0.1, -0.05) is 17.7 Å². The highest BCUT2D eigenvalue weighted by Gasteiger charge is 2.38. The summed E-state index contributed by atoms with van der Waals surface area (Å²) in [6.45, 7) is 1.67. The molecule has 0 spiro atoms. The highest BCUT2D eigenvalue weighted by Crippen LogP contribution is 2.31. The van der Waals surface area contributed by atoms with E-state index in [0.29, 0.717) is 11.5 Å². The predicted octanol–water partition coefficient (Wildman–Crippen LogP) is 2.51. The van der Waals surface area contributed by atoms with Crippen molar-refractivity contribution in [2.45, 2.75) is 18.1 Å². The van der Waals surface area contributed by atoms with Crippen LogP contribution in [0.3, 0.4) is 0 Å². The summed E-state index contributed by atoms with van der Waals surface area (Å²) in [6, 6.07) is 3.37. The van der Waals surface area contributed by atoms with E-state index >= 15 is 0 Å². The fourth-order valence-electron chi connectivity index (χ4n) is 1.70. The largest absolute Gasteiger partial charge is 0.252 e. The molecule has 0 aromatic carbocycles. The van der Waals surface area contributed by atoms with Crippen molar-refractivity contribution in [3.63, 3.8) is 0 Å². The van der Waals surface area contributed by atoms with Crippen LogP contribution < -0.4 is 0 Å². The third kappa shape index (κ3) is 1.72. The van der Waals surface area contributed by atoms with Crippen molar-refractivity contribution in [1.29, 1.82) is 0 Å². The lowest BCUT2D eigenvalue weighted by Crippen LogP contribution is -2.37. The van der Waals surface area contributed by atoms with Gasteiger partial charge < -0.3 is 0 Å². The molecule has 1 unspecified atom stereocenters. The van der Waals surface area contributed by atoms with E-state index in [0.717, 1.165) is 0 Å². The lowest BCUT2D eigenvalue weighted by atomic mass is 10.0. The van der Waals surface area contributed by atoms with Crippen LogP contribution in [0.1, 0.15) is 13.3 Å². The van der Waals surface area contributed by atoms with Gasteiger partial charge in [-0.15, -0.1) is 0 Å². The second-order valence-corrected chi connectivity index (χ2v) is 6.71. The zero-order valence-electron chi connectivity index (χ0n) is 8.80. The molecule has 1 aliphatic rings. The number of hydrogen-bond acceptors (Lipinski definition) is 2. The van der Waals surface area contributed by atoms with Gasteiger partial charge >= 0.3 is 0 Å². The monoisotopic (exact) mass is 257 g/mol. The van der Waals surface area contributed by atoms with Crippen LogP contribution in [-0.4, -0.2) is 17.1 Å². The number of rotatable bonds is 2. The Balaban J connectivity index is 2.50. The Morgan fingerprint density at radius 2 is 2.00 bits per heavy atom. The number of aromatic nitrogens is 1. The fraction of sp³-hybridized carbons (Fsp3) is 0.273. The van der Waals surface area contributed by atoms with Gasteiger partial charge in [0.1, 0.15) is 4.75 Å². The van der Waals surface area contributed by atoms with Crippen molar-refractivity contribution in [2.24, 2.45) is 0 Å². The Labute approximate surface area is 100 Å². The van der Waals surface area contributed by atoms with Gasteiger partial charge in [-0.2, -0.15) is 0 Å². The molecule has 0 N–H and O–H groups in total. The van der Waals surface area contributed by atoms with Crippen LogP contribution >= 0.6 is 11.6 Å². The molecule has 0 fully saturated rings. The molecular weight excluding hydrogens is 246 g/mol. The molecule has 0 radical (unpaired) electrons. The second-order valence-electron chi connectivity index (χ2n) is 3.97. The summed E-state index contributed by atoms with van der Waals surface area (Å²) >= 11 is 5.87. The molecule has 5 heteroatoms. The van der Waals surface area contributed by atoms with Crippen molar-refractivity contribution in [3.8, 4) is 0 Å². The van der Waals surface area contributed by atoms with Gasteiger partial charge in [0, 0.05) is 17.4 Å². The molecule has 1 atom stereocenters. The smallest absolute Gasteiger partial charge is 0.247 e. The van der Waals surface area contributed by atoms with Crippen LogP contribution in [-0.2, 0) is 10.0 Å². The van der Waals surface area contributed by atoms with Crippen LogP contribution in [0.2, 0.25) is 0 Å². The Morgan fingerprint density at radius 1 is 1.38 bits per heavy atom. The average Bonchev–Trinajstić information content (AvgIpc) is 2.69. The molecule has 1 aromatic heterocycles. The molecule has 1 aromatic rings. The van der Waals surface area contributed by atoms with Crippen molar-refractivity contribution in [3.05, 3.63) is 47.8 Å². The summed E-state index contributed by atoms with van der Waals surface area (Å²) in [4.78, 5) is 0. The maximum atomic E-state index is 12.3. The van der Waals surface area contributed by atoms with E-state index in [4.69, 9.17) is 11.6 Å². The maximum Gasteiger partial charge on any atom is 0.247 e. The van der Waals surface area contributed by atoms with Crippen molar-refractivity contribution in [2.75, 3.05) is 0 Å². The molecule has 0 saturated heterocycles. The highest BCUT2D eigenvalue weighted by atomic mass is 35.5. The first-order valence-corrected chi connectivity index (χ1v) is 6.70. The minimum absolute atomic E-state index is 0.434. The molecule has 86 valence electrons. The SMILES string of the molecule is CC1(S(=O)(=O)n2cccc2)C=C(Cl)C=CC1. The number of hydrogen-bond donors (Lipinski definition) is 0. The third-order valence-corrected chi connectivity index (χ3v) is 5.18. The Kier molecular flexibility index (Phi) is 2.72. The van der Waals surface area contributed by atoms with Crippen LogP contribution in [0, 0.1) is 0 Å². The first kappa shape index (κ1) is 11.5. The third-order valence-electron chi connectivity index (χ3n) is 2.69. The normalized spacial score (nSPS) is 25.5.